The first-order valence-electron chi connectivity index (χ1n) is 9.46. The predicted molar refractivity (Wildman–Crippen MR) is 107 cm³/mol. The summed E-state index contributed by atoms with van der Waals surface area (Å²) in [6, 6.07) is 9.67. The Bertz CT molecular complexity index is 925. The normalized spacial score (nSPS) is 14.7. The molecule has 2 heterocycles. The lowest BCUT2D eigenvalue weighted by molar-refractivity contribution is 0.0950. The molecular weight excluding hydrogens is 394 g/mol. The Morgan fingerprint density at radius 1 is 1.17 bits per heavy atom. The predicted octanol–water partition coefficient (Wildman–Crippen LogP) is 1.82. The van der Waals surface area contributed by atoms with Gasteiger partial charge in [-0.05, 0) is 36.6 Å². The van der Waals surface area contributed by atoms with Gasteiger partial charge in [-0.25, -0.2) is 13.4 Å². The van der Waals surface area contributed by atoms with Gasteiger partial charge >= 0.3 is 0 Å². The second-order valence-electron chi connectivity index (χ2n) is 6.67. The monoisotopic (exact) mass is 419 g/mol. The quantitative estimate of drug-likeness (QED) is 0.623. The van der Waals surface area contributed by atoms with Crippen molar-refractivity contribution in [2.45, 2.75) is 24.3 Å². The molecule has 0 atom stereocenters. The molecule has 156 valence electrons. The molecule has 1 aliphatic rings. The molecule has 9 heteroatoms. The Kier molecular flexibility index (Phi) is 7.18. The molecule has 0 aliphatic carbocycles. The number of benzene rings is 1. The summed E-state index contributed by atoms with van der Waals surface area (Å²) in [5, 5.41) is 2.79. The van der Waals surface area contributed by atoms with E-state index in [0.29, 0.717) is 37.7 Å². The van der Waals surface area contributed by atoms with Crippen molar-refractivity contribution in [3.8, 4) is 5.88 Å². The largest absolute Gasteiger partial charge is 0.475 e. The summed E-state index contributed by atoms with van der Waals surface area (Å²) in [6.07, 6.45) is 3.35. The number of carbonyl (C=O) groups is 1. The maximum atomic E-state index is 12.7. The van der Waals surface area contributed by atoms with Gasteiger partial charge in [0.2, 0.25) is 15.9 Å². The van der Waals surface area contributed by atoms with Crippen LogP contribution in [-0.4, -0.2) is 57.0 Å². The van der Waals surface area contributed by atoms with Crippen molar-refractivity contribution < 1.29 is 22.7 Å². The number of carbonyl (C=O) groups excluding carboxylic acids is 1. The van der Waals surface area contributed by atoms with Gasteiger partial charge in [0, 0.05) is 44.6 Å². The lowest BCUT2D eigenvalue weighted by Crippen LogP contribution is -2.28. The van der Waals surface area contributed by atoms with E-state index >= 15 is 0 Å². The molecule has 1 aromatic heterocycles. The van der Waals surface area contributed by atoms with Gasteiger partial charge in [-0.15, -0.1) is 0 Å². The summed E-state index contributed by atoms with van der Waals surface area (Å²) in [4.78, 5) is 16.8. The van der Waals surface area contributed by atoms with Crippen LogP contribution in [0.4, 0.5) is 0 Å². The summed E-state index contributed by atoms with van der Waals surface area (Å²) < 4.78 is 37.1. The fourth-order valence-electron chi connectivity index (χ4n) is 2.99. The Morgan fingerprint density at radius 2 is 1.97 bits per heavy atom. The molecule has 1 aromatic carbocycles. The third-order valence-corrected chi connectivity index (χ3v) is 6.48. The van der Waals surface area contributed by atoms with Crippen LogP contribution in [0.3, 0.4) is 0 Å². The average molecular weight is 420 g/mol. The standard InChI is InChI=1S/C20H25N3O5S/c1-27-11-12-28-19-8-7-16(14-21-19)15-22-20(24)17-5-4-6-18(13-17)29(25,26)23-9-2-3-10-23/h4-8,13-14H,2-3,9-12,15H2,1H3,(H,22,24). The zero-order chi connectivity index (χ0) is 20.7. The molecular formula is C20H25N3O5S. The number of aromatic nitrogens is 1. The van der Waals surface area contributed by atoms with E-state index in [9.17, 15) is 13.2 Å². The first-order chi connectivity index (χ1) is 14.0. The molecule has 1 N–H and O–H groups in total. The smallest absolute Gasteiger partial charge is 0.251 e. The zero-order valence-corrected chi connectivity index (χ0v) is 17.2. The summed E-state index contributed by atoms with van der Waals surface area (Å²) in [5.41, 5.74) is 1.11. The number of nitrogens with one attached hydrogen (secondary N) is 1. The number of pyridine rings is 1. The van der Waals surface area contributed by atoms with E-state index in [1.165, 1.54) is 16.4 Å². The molecule has 1 amide bonds. The van der Waals surface area contributed by atoms with Gasteiger partial charge in [0.15, 0.2) is 0 Å². The minimum Gasteiger partial charge on any atom is -0.475 e. The topological polar surface area (TPSA) is 97.8 Å². The third-order valence-electron chi connectivity index (χ3n) is 4.59. The van der Waals surface area contributed by atoms with E-state index in [0.717, 1.165) is 18.4 Å². The minimum absolute atomic E-state index is 0.145. The molecule has 0 bridgehead atoms. The molecule has 1 aliphatic heterocycles. The fourth-order valence-corrected chi connectivity index (χ4v) is 4.55. The highest BCUT2D eigenvalue weighted by molar-refractivity contribution is 7.89. The molecule has 2 aromatic rings. The summed E-state index contributed by atoms with van der Waals surface area (Å²) in [5.74, 6) is 0.140. The van der Waals surface area contributed by atoms with Crippen LogP contribution < -0.4 is 10.1 Å². The number of nitrogens with zero attached hydrogens (tertiary/aromatic N) is 2. The molecule has 29 heavy (non-hydrogen) atoms. The molecule has 1 fully saturated rings. The van der Waals surface area contributed by atoms with Crippen molar-refractivity contribution >= 4 is 15.9 Å². The Morgan fingerprint density at radius 3 is 2.66 bits per heavy atom. The average Bonchev–Trinajstić information content (AvgIpc) is 3.29. The van der Waals surface area contributed by atoms with E-state index in [-0.39, 0.29) is 17.3 Å². The number of hydrogen-bond donors (Lipinski definition) is 1. The van der Waals surface area contributed by atoms with E-state index in [2.05, 4.69) is 10.3 Å². The fraction of sp³-hybridized carbons (Fsp3) is 0.400. The van der Waals surface area contributed by atoms with Crippen LogP contribution in [0.25, 0.3) is 0 Å². The molecule has 0 spiro atoms. The highest BCUT2D eigenvalue weighted by Crippen LogP contribution is 2.21. The van der Waals surface area contributed by atoms with Crippen LogP contribution in [0.15, 0.2) is 47.5 Å². The number of methoxy groups -OCH3 is 1. The minimum atomic E-state index is -3.56. The van der Waals surface area contributed by atoms with Crippen molar-refractivity contribution in [3.05, 3.63) is 53.7 Å². The van der Waals surface area contributed by atoms with Crippen LogP contribution in [0.2, 0.25) is 0 Å². The van der Waals surface area contributed by atoms with Crippen LogP contribution >= 0.6 is 0 Å². The van der Waals surface area contributed by atoms with Crippen molar-refractivity contribution in [2.75, 3.05) is 33.4 Å². The maximum Gasteiger partial charge on any atom is 0.251 e. The number of hydrogen-bond acceptors (Lipinski definition) is 6. The van der Waals surface area contributed by atoms with E-state index in [1.54, 1.807) is 31.5 Å². The Balaban J connectivity index is 1.60. The van der Waals surface area contributed by atoms with Gasteiger partial charge in [-0.1, -0.05) is 12.1 Å². The van der Waals surface area contributed by atoms with Crippen molar-refractivity contribution in [2.24, 2.45) is 0 Å². The molecule has 3 rings (SSSR count). The number of ether oxygens (including phenoxy) is 2. The van der Waals surface area contributed by atoms with Gasteiger partial charge in [0.25, 0.3) is 5.91 Å². The maximum absolute atomic E-state index is 12.7. The van der Waals surface area contributed by atoms with Crippen LogP contribution in [-0.2, 0) is 21.3 Å². The molecule has 0 radical (unpaired) electrons. The molecule has 1 saturated heterocycles. The van der Waals surface area contributed by atoms with Crippen molar-refractivity contribution in [1.82, 2.24) is 14.6 Å². The first-order valence-corrected chi connectivity index (χ1v) is 10.9. The van der Waals surface area contributed by atoms with Gasteiger partial charge < -0.3 is 14.8 Å². The lowest BCUT2D eigenvalue weighted by atomic mass is 10.2. The number of rotatable bonds is 9. The van der Waals surface area contributed by atoms with Crippen LogP contribution in [0.5, 0.6) is 5.88 Å². The van der Waals surface area contributed by atoms with Crippen molar-refractivity contribution in [3.63, 3.8) is 0 Å². The number of sulfonamides is 1. The van der Waals surface area contributed by atoms with E-state index in [1.807, 2.05) is 6.07 Å². The zero-order valence-electron chi connectivity index (χ0n) is 16.3. The molecule has 0 unspecified atom stereocenters. The first kappa shape index (κ1) is 21.2. The highest BCUT2D eigenvalue weighted by Gasteiger charge is 2.27. The van der Waals surface area contributed by atoms with Crippen LogP contribution in [0.1, 0.15) is 28.8 Å². The Labute approximate surface area is 170 Å². The van der Waals surface area contributed by atoms with Crippen molar-refractivity contribution in [1.29, 1.82) is 0 Å². The van der Waals surface area contributed by atoms with Gasteiger partial charge in [-0.2, -0.15) is 4.31 Å². The van der Waals surface area contributed by atoms with Gasteiger partial charge in [0.1, 0.15) is 6.61 Å². The molecule has 8 nitrogen and oxygen atoms in total. The SMILES string of the molecule is COCCOc1ccc(CNC(=O)c2cccc(S(=O)(=O)N3CCCC3)c2)cn1. The second kappa shape index (κ2) is 9.82. The van der Waals surface area contributed by atoms with E-state index in [4.69, 9.17) is 9.47 Å². The number of amides is 1. The van der Waals surface area contributed by atoms with Gasteiger partial charge in [0.05, 0.1) is 11.5 Å². The highest BCUT2D eigenvalue weighted by atomic mass is 32.2. The van der Waals surface area contributed by atoms with Gasteiger partial charge in [-0.3, -0.25) is 4.79 Å². The second-order valence-corrected chi connectivity index (χ2v) is 8.61. The molecule has 0 saturated carbocycles. The summed E-state index contributed by atoms with van der Waals surface area (Å²) in [7, 11) is -1.96. The van der Waals surface area contributed by atoms with E-state index < -0.39 is 10.0 Å². The lowest BCUT2D eigenvalue weighted by Gasteiger charge is -2.16. The third kappa shape index (κ3) is 5.53. The summed E-state index contributed by atoms with van der Waals surface area (Å²) >= 11 is 0. The Hall–Kier alpha value is -2.49. The summed E-state index contributed by atoms with van der Waals surface area (Å²) in [6.45, 7) is 2.21. The van der Waals surface area contributed by atoms with Crippen LogP contribution in [0, 0.1) is 0 Å².